The number of carbonyl (C=O) groups excluding carboxylic acids is 1. The lowest BCUT2D eigenvalue weighted by atomic mass is 9.96. The van der Waals surface area contributed by atoms with Crippen molar-refractivity contribution in [3.05, 3.63) is 66.2 Å². The second kappa shape index (κ2) is 6.72. The molecule has 3 N–H and O–H groups in total. The Morgan fingerprint density at radius 3 is 2.25 bits per heavy atom. The van der Waals surface area contributed by atoms with E-state index in [0.717, 1.165) is 34.1 Å². The number of hydrogen-bond acceptors (Lipinski definition) is 2. The highest BCUT2D eigenvalue weighted by Crippen LogP contribution is 2.33. The van der Waals surface area contributed by atoms with Crippen molar-refractivity contribution in [3.8, 4) is 11.1 Å². The molecule has 0 aliphatic heterocycles. The molecule has 3 aromatic rings. The first-order valence-corrected chi connectivity index (χ1v) is 7.87. The summed E-state index contributed by atoms with van der Waals surface area (Å²) < 4.78 is 0. The maximum absolute atomic E-state index is 11.2. The molecule has 0 radical (unpaired) electrons. The molecule has 3 aromatic carbocycles. The SMILES string of the molecule is CN(C)Cc1ccc(-c2ccc(NC(N)=O)c3ccccc23)cc1. The highest BCUT2D eigenvalue weighted by Gasteiger charge is 2.09. The van der Waals surface area contributed by atoms with E-state index >= 15 is 0 Å². The molecule has 0 spiro atoms. The zero-order valence-electron chi connectivity index (χ0n) is 13.9. The highest BCUT2D eigenvalue weighted by atomic mass is 16.2. The predicted molar refractivity (Wildman–Crippen MR) is 100.0 cm³/mol. The van der Waals surface area contributed by atoms with Crippen molar-refractivity contribution in [2.75, 3.05) is 19.4 Å². The van der Waals surface area contributed by atoms with Crippen LogP contribution in [0.1, 0.15) is 5.56 Å². The van der Waals surface area contributed by atoms with Gasteiger partial charge in [-0.05, 0) is 42.2 Å². The van der Waals surface area contributed by atoms with Crippen molar-refractivity contribution in [1.82, 2.24) is 4.90 Å². The summed E-state index contributed by atoms with van der Waals surface area (Å²) in [7, 11) is 4.12. The molecule has 0 aliphatic rings. The molecule has 0 saturated carbocycles. The van der Waals surface area contributed by atoms with Crippen molar-refractivity contribution in [2.24, 2.45) is 5.73 Å². The van der Waals surface area contributed by atoms with Crippen molar-refractivity contribution in [2.45, 2.75) is 6.54 Å². The summed E-state index contributed by atoms with van der Waals surface area (Å²) in [6.07, 6.45) is 0. The minimum atomic E-state index is -0.555. The van der Waals surface area contributed by atoms with Gasteiger partial charge in [-0.3, -0.25) is 0 Å². The Bertz CT molecular complexity index is 870. The average Bonchev–Trinajstić information content (AvgIpc) is 2.55. The third-order valence-electron chi connectivity index (χ3n) is 3.95. The summed E-state index contributed by atoms with van der Waals surface area (Å²) in [5.41, 5.74) is 9.56. The molecule has 24 heavy (non-hydrogen) atoms. The first kappa shape index (κ1) is 16.0. The summed E-state index contributed by atoms with van der Waals surface area (Å²) in [6, 6.07) is 20.0. The van der Waals surface area contributed by atoms with Gasteiger partial charge >= 0.3 is 6.03 Å². The van der Waals surface area contributed by atoms with Gasteiger partial charge in [0.25, 0.3) is 0 Å². The van der Waals surface area contributed by atoms with Gasteiger partial charge < -0.3 is 16.0 Å². The zero-order valence-corrected chi connectivity index (χ0v) is 13.9. The van der Waals surface area contributed by atoms with Crippen molar-refractivity contribution < 1.29 is 4.79 Å². The molecule has 0 unspecified atom stereocenters. The molecule has 0 bridgehead atoms. The lowest BCUT2D eigenvalue weighted by molar-refractivity contribution is 0.259. The van der Waals surface area contributed by atoms with Gasteiger partial charge in [-0.1, -0.05) is 54.6 Å². The monoisotopic (exact) mass is 319 g/mol. The molecule has 3 rings (SSSR count). The van der Waals surface area contributed by atoms with Gasteiger partial charge in [0.15, 0.2) is 0 Å². The van der Waals surface area contributed by atoms with Crippen LogP contribution < -0.4 is 11.1 Å². The quantitative estimate of drug-likeness (QED) is 0.762. The summed E-state index contributed by atoms with van der Waals surface area (Å²) in [5.74, 6) is 0. The number of benzene rings is 3. The molecule has 0 atom stereocenters. The van der Waals surface area contributed by atoms with Crippen LogP contribution in [0.3, 0.4) is 0 Å². The number of nitrogens with one attached hydrogen (secondary N) is 1. The lowest BCUT2D eigenvalue weighted by Crippen LogP contribution is -2.19. The third kappa shape index (κ3) is 3.39. The van der Waals surface area contributed by atoms with Gasteiger partial charge in [-0.25, -0.2) is 4.79 Å². The van der Waals surface area contributed by atoms with Crippen LogP contribution in [0.4, 0.5) is 10.5 Å². The molecule has 0 saturated heterocycles. The number of carbonyl (C=O) groups is 1. The predicted octanol–water partition coefficient (Wildman–Crippen LogP) is 4.06. The fraction of sp³-hybridized carbons (Fsp3) is 0.150. The number of fused-ring (bicyclic) bond motifs is 1. The second-order valence-electron chi connectivity index (χ2n) is 6.13. The van der Waals surface area contributed by atoms with E-state index < -0.39 is 6.03 Å². The lowest BCUT2D eigenvalue weighted by Gasteiger charge is -2.13. The fourth-order valence-electron chi connectivity index (χ4n) is 2.95. The number of amides is 2. The number of nitrogens with zero attached hydrogens (tertiary/aromatic N) is 1. The van der Waals surface area contributed by atoms with E-state index in [1.165, 1.54) is 5.56 Å². The highest BCUT2D eigenvalue weighted by molar-refractivity contribution is 6.07. The Morgan fingerprint density at radius 1 is 0.958 bits per heavy atom. The zero-order chi connectivity index (χ0) is 17.1. The van der Waals surface area contributed by atoms with E-state index in [4.69, 9.17) is 5.73 Å². The molecular weight excluding hydrogens is 298 g/mol. The van der Waals surface area contributed by atoms with Crippen LogP contribution in [0.25, 0.3) is 21.9 Å². The van der Waals surface area contributed by atoms with E-state index in [-0.39, 0.29) is 0 Å². The van der Waals surface area contributed by atoms with Crippen LogP contribution in [0.2, 0.25) is 0 Å². The molecule has 122 valence electrons. The number of primary amides is 1. The Kier molecular flexibility index (Phi) is 4.49. The maximum atomic E-state index is 11.2. The van der Waals surface area contributed by atoms with Crippen LogP contribution in [-0.2, 0) is 6.54 Å². The third-order valence-corrected chi connectivity index (χ3v) is 3.95. The Morgan fingerprint density at radius 2 is 1.62 bits per heavy atom. The number of anilines is 1. The van der Waals surface area contributed by atoms with Crippen LogP contribution in [-0.4, -0.2) is 25.0 Å². The van der Waals surface area contributed by atoms with Gasteiger partial charge in [0.1, 0.15) is 0 Å². The number of urea groups is 1. The molecular formula is C20H21N3O. The van der Waals surface area contributed by atoms with Crippen LogP contribution in [0, 0.1) is 0 Å². The van der Waals surface area contributed by atoms with Crippen LogP contribution in [0.15, 0.2) is 60.7 Å². The van der Waals surface area contributed by atoms with Crippen LogP contribution in [0.5, 0.6) is 0 Å². The van der Waals surface area contributed by atoms with Crippen LogP contribution >= 0.6 is 0 Å². The minimum Gasteiger partial charge on any atom is -0.351 e. The first-order valence-electron chi connectivity index (χ1n) is 7.87. The topological polar surface area (TPSA) is 58.4 Å². The average molecular weight is 319 g/mol. The van der Waals surface area contributed by atoms with Crippen molar-refractivity contribution in [3.63, 3.8) is 0 Å². The molecule has 2 amide bonds. The van der Waals surface area contributed by atoms with Gasteiger partial charge in [-0.15, -0.1) is 0 Å². The van der Waals surface area contributed by atoms with E-state index in [2.05, 4.69) is 54.6 Å². The van der Waals surface area contributed by atoms with Crippen molar-refractivity contribution >= 4 is 22.5 Å². The smallest absolute Gasteiger partial charge is 0.316 e. The summed E-state index contributed by atoms with van der Waals surface area (Å²) in [6.45, 7) is 0.919. The molecule has 0 aliphatic carbocycles. The van der Waals surface area contributed by atoms with E-state index in [0.29, 0.717) is 0 Å². The molecule has 0 heterocycles. The van der Waals surface area contributed by atoms with Gasteiger partial charge in [0, 0.05) is 11.9 Å². The van der Waals surface area contributed by atoms with Gasteiger partial charge in [0.2, 0.25) is 0 Å². The number of rotatable bonds is 4. The van der Waals surface area contributed by atoms with E-state index in [9.17, 15) is 4.79 Å². The second-order valence-corrected chi connectivity index (χ2v) is 6.13. The van der Waals surface area contributed by atoms with Gasteiger partial charge in [0.05, 0.1) is 5.69 Å². The number of nitrogens with two attached hydrogens (primary N) is 1. The molecule has 0 fully saturated rings. The standard InChI is InChI=1S/C20H21N3O/c1-23(2)13-14-7-9-15(10-8-14)16-11-12-19(22-20(21)24)18-6-4-3-5-17(16)18/h3-12H,13H2,1-2H3,(H3,21,22,24). The van der Waals surface area contributed by atoms with E-state index in [1.807, 2.05) is 30.3 Å². The van der Waals surface area contributed by atoms with E-state index in [1.54, 1.807) is 0 Å². The van der Waals surface area contributed by atoms with Crippen molar-refractivity contribution in [1.29, 1.82) is 0 Å². The summed E-state index contributed by atoms with van der Waals surface area (Å²) in [4.78, 5) is 13.3. The molecule has 4 nitrogen and oxygen atoms in total. The van der Waals surface area contributed by atoms with Gasteiger partial charge in [-0.2, -0.15) is 0 Å². The summed E-state index contributed by atoms with van der Waals surface area (Å²) in [5, 5.41) is 4.76. The Balaban J connectivity index is 2.05. The fourth-order valence-corrected chi connectivity index (χ4v) is 2.95. The molecule has 4 heteroatoms. The first-order chi connectivity index (χ1) is 11.5. The normalized spacial score (nSPS) is 11.0. The Hall–Kier alpha value is -2.85. The minimum absolute atomic E-state index is 0.555. The number of hydrogen-bond donors (Lipinski definition) is 2. The Labute approximate surface area is 141 Å². The largest absolute Gasteiger partial charge is 0.351 e. The summed E-state index contributed by atoms with van der Waals surface area (Å²) >= 11 is 0. The maximum Gasteiger partial charge on any atom is 0.316 e. The molecule has 0 aromatic heterocycles.